The molecular formula is C11H5F7O2. The van der Waals surface area contributed by atoms with Crippen LogP contribution in [0.25, 0.3) is 0 Å². The van der Waals surface area contributed by atoms with Crippen molar-refractivity contribution >= 4 is 11.6 Å². The van der Waals surface area contributed by atoms with Crippen LogP contribution in [0.4, 0.5) is 30.7 Å². The summed E-state index contributed by atoms with van der Waals surface area (Å²) < 4.78 is 86.7. The molecule has 1 rings (SSSR count). The Bertz CT molecular complexity index is 519. The fraction of sp³-hybridized carbons (Fsp3) is 0.273. The SMILES string of the molecule is O=C(C(=O)C(F)(F)C(F)(F)C(F)(F)F)c1ccccc1. The monoisotopic (exact) mass is 302 g/mol. The second-order valence-electron chi connectivity index (χ2n) is 3.67. The van der Waals surface area contributed by atoms with E-state index in [0.29, 0.717) is 0 Å². The standard InChI is InChI=1S/C11H5F7O2/c12-9(13,10(14,15)11(16,17)18)8(20)7(19)6-4-2-1-3-5-6/h1-5H. The van der Waals surface area contributed by atoms with Gasteiger partial charge in [0.05, 0.1) is 0 Å². The Morgan fingerprint density at radius 3 is 1.65 bits per heavy atom. The molecule has 1 aromatic carbocycles. The Morgan fingerprint density at radius 1 is 0.800 bits per heavy atom. The molecule has 0 N–H and O–H groups in total. The summed E-state index contributed by atoms with van der Waals surface area (Å²) in [7, 11) is 0. The van der Waals surface area contributed by atoms with Gasteiger partial charge in [-0.05, 0) is 0 Å². The summed E-state index contributed by atoms with van der Waals surface area (Å²) >= 11 is 0. The van der Waals surface area contributed by atoms with Crippen LogP contribution in [0.15, 0.2) is 30.3 Å². The third-order valence-corrected chi connectivity index (χ3v) is 2.28. The third-order valence-electron chi connectivity index (χ3n) is 2.28. The fourth-order valence-electron chi connectivity index (χ4n) is 1.18. The van der Waals surface area contributed by atoms with Gasteiger partial charge in [-0.15, -0.1) is 0 Å². The Kier molecular flexibility index (Phi) is 3.93. The quantitative estimate of drug-likeness (QED) is 0.486. The number of halogens is 7. The molecule has 0 unspecified atom stereocenters. The minimum Gasteiger partial charge on any atom is -0.285 e. The molecule has 0 atom stereocenters. The van der Waals surface area contributed by atoms with Gasteiger partial charge in [-0.25, -0.2) is 0 Å². The molecule has 20 heavy (non-hydrogen) atoms. The van der Waals surface area contributed by atoms with Crippen molar-refractivity contribution in [1.82, 2.24) is 0 Å². The zero-order chi connectivity index (χ0) is 15.8. The molecule has 0 spiro atoms. The van der Waals surface area contributed by atoms with Crippen molar-refractivity contribution in [1.29, 1.82) is 0 Å². The summed E-state index contributed by atoms with van der Waals surface area (Å²) in [5.41, 5.74) is -0.713. The number of carbonyl (C=O) groups is 2. The van der Waals surface area contributed by atoms with Crippen LogP contribution in [0.1, 0.15) is 10.4 Å². The highest BCUT2D eigenvalue weighted by molar-refractivity contribution is 6.46. The second kappa shape index (κ2) is 4.88. The Hall–Kier alpha value is -1.93. The first-order chi connectivity index (χ1) is 8.93. The van der Waals surface area contributed by atoms with Crippen molar-refractivity contribution < 1.29 is 40.3 Å². The average Bonchev–Trinajstić information content (AvgIpc) is 2.36. The van der Waals surface area contributed by atoms with E-state index in [-0.39, 0.29) is 0 Å². The van der Waals surface area contributed by atoms with Crippen molar-refractivity contribution in [3.05, 3.63) is 35.9 Å². The smallest absolute Gasteiger partial charge is 0.285 e. The van der Waals surface area contributed by atoms with Gasteiger partial charge in [0.25, 0.3) is 5.78 Å². The molecule has 110 valence electrons. The van der Waals surface area contributed by atoms with Crippen LogP contribution in [-0.2, 0) is 4.79 Å². The van der Waals surface area contributed by atoms with Crippen LogP contribution in [-0.4, -0.2) is 29.6 Å². The maximum absolute atomic E-state index is 13.0. The number of hydrogen-bond acceptors (Lipinski definition) is 2. The van der Waals surface area contributed by atoms with E-state index < -0.39 is 35.2 Å². The number of carbonyl (C=O) groups excluding carboxylic acids is 2. The molecule has 0 aliphatic rings. The van der Waals surface area contributed by atoms with Crippen molar-refractivity contribution in [3.63, 3.8) is 0 Å². The molecule has 0 amide bonds. The molecule has 0 heterocycles. The summed E-state index contributed by atoms with van der Waals surface area (Å²) in [6.45, 7) is 0. The summed E-state index contributed by atoms with van der Waals surface area (Å²) in [6.07, 6.45) is -6.66. The molecule has 0 bridgehead atoms. The number of alkyl halides is 7. The van der Waals surface area contributed by atoms with E-state index in [2.05, 4.69) is 0 Å². The normalized spacial score (nSPS) is 13.2. The number of Topliss-reactive ketones (excluding diaryl/α,β-unsaturated/α-hetero) is 2. The molecule has 0 saturated heterocycles. The Labute approximate surface area is 107 Å². The molecule has 0 fully saturated rings. The van der Waals surface area contributed by atoms with Gasteiger partial charge in [-0.1, -0.05) is 30.3 Å². The maximum atomic E-state index is 13.0. The van der Waals surface area contributed by atoms with E-state index in [9.17, 15) is 40.3 Å². The first-order valence-corrected chi connectivity index (χ1v) is 4.89. The number of ketones is 2. The van der Waals surface area contributed by atoms with Crippen LogP contribution in [0.2, 0.25) is 0 Å². The van der Waals surface area contributed by atoms with Gasteiger partial charge in [-0.3, -0.25) is 9.59 Å². The summed E-state index contributed by atoms with van der Waals surface area (Å²) in [5, 5.41) is 0. The van der Waals surface area contributed by atoms with Crippen molar-refractivity contribution in [2.45, 2.75) is 18.0 Å². The highest BCUT2D eigenvalue weighted by Crippen LogP contribution is 2.47. The summed E-state index contributed by atoms with van der Waals surface area (Å²) in [4.78, 5) is 22.2. The topological polar surface area (TPSA) is 34.1 Å². The summed E-state index contributed by atoms with van der Waals surface area (Å²) in [6, 6.07) is 5.24. The van der Waals surface area contributed by atoms with Crippen LogP contribution < -0.4 is 0 Å². The lowest BCUT2D eigenvalue weighted by Crippen LogP contribution is -2.57. The molecule has 9 heteroatoms. The lowest BCUT2D eigenvalue weighted by molar-refractivity contribution is -0.342. The maximum Gasteiger partial charge on any atom is 0.460 e. The van der Waals surface area contributed by atoms with E-state index in [1.807, 2.05) is 0 Å². The number of rotatable bonds is 4. The van der Waals surface area contributed by atoms with Crippen molar-refractivity contribution in [2.24, 2.45) is 0 Å². The lowest BCUT2D eigenvalue weighted by atomic mass is 9.99. The van der Waals surface area contributed by atoms with Gasteiger partial charge in [0, 0.05) is 5.56 Å². The Morgan fingerprint density at radius 2 is 1.25 bits per heavy atom. The molecule has 0 saturated carbocycles. The predicted molar refractivity (Wildman–Crippen MR) is 51.7 cm³/mol. The first kappa shape index (κ1) is 16.1. The highest BCUT2D eigenvalue weighted by atomic mass is 19.4. The van der Waals surface area contributed by atoms with Crippen LogP contribution in [0.5, 0.6) is 0 Å². The second-order valence-corrected chi connectivity index (χ2v) is 3.67. The van der Waals surface area contributed by atoms with E-state index >= 15 is 0 Å². The number of hydrogen-bond donors (Lipinski definition) is 0. The molecule has 1 aromatic rings. The van der Waals surface area contributed by atoms with Gasteiger partial charge in [0.15, 0.2) is 0 Å². The number of benzene rings is 1. The van der Waals surface area contributed by atoms with Crippen LogP contribution in [0.3, 0.4) is 0 Å². The zero-order valence-corrected chi connectivity index (χ0v) is 9.35. The molecular weight excluding hydrogens is 297 g/mol. The van der Waals surface area contributed by atoms with Crippen molar-refractivity contribution in [2.75, 3.05) is 0 Å². The minimum atomic E-state index is -6.66. The van der Waals surface area contributed by atoms with Gasteiger partial charge >= 0.3 is 18.0 Å². The Balaban J connectivity index is 3.17. The van der Waals surface area contributed by atoms with E-state index in [0.717, 1.165) is 24.3 Å². The zero-order valence-electron chi connectivity index (χ0n) is 9.35. The van der Waals surface area contributed by atoms with Crippen LogP contribution >= 0.6 is 0 Å². The fourth-order valence-corrected chi connectivity index (χ4v) is 1.18. The molecule has 0 aliphatic carbocycles. The van der Waals surface area contributed by atoms with E-state index in [4.69, 9.17) is 0 Å². The van der Waals surface area contributed by atoms with Gasteiger partial charge in [-0.2, -0.15) is 30.7 Å². The largest absolute Gasteiger partial charge is 0.460 e. The minimum absolute atomic E-state index is 0.713. The van der Waals surface area contributed by atoms with Crippen molar-refractivity contribution in [3.8, 4) is 0 Å². The molecule has 0 aromatic heterocycles. The van der Waals surface area contributed by atoms with E-state index in [1.165, 1.54) is 6.07 Å². The van der Waals surface area contributed by atoms with Gasteiger partial charge in [0.2, 0.25) is 5.78 Å². The molecule has 2 nitrogen and oxygen atoms in total. The third kappa shape index (κ3) is 2.52. The average molecular weight is 302 g/mol. The summed E-state index contributed by atoms with van der Waals surface area (Å²) in [5.74, 6) is -18.1. The molecule has 0 radical (unpaired) electrons. The van der Waals surface area contributed by atoms with Gasteiger partial charge < -0.3 is 0 Å². The first-order valence-electron chi connectivity index (χ1n) is 4.89. The van der Waals surface area contributed by atoms with E-state index in [1.54, 1.807) is 0 Å². The lowest BCUT2D eigenvalue weighted by Gasteiger charge is -2.26. The van der Waals surface area contributed by atoms with Gasteiger partial charge in [0.1, 0.15) is 0 Å². The van der Waals surface area contributed by atoms with Crippen LogP contribution in [0, 0.1) is 0 Å². The molecule has 0 aliphatic heterocycles. The predicted octanol–water partition coefficient (Wildman–Crippen LogP) is 3.27. The highest BCUT2D eigenvalue weighted by Gasteiger charge is 2.76.